The van der Waals surface area contributed by atoms with Gasteiger partial charge in [0.15, 0.2) is 12.7 Å². The Morgan fingerprint density at radius 3 is 2.58 bits per heavy atom. The Hall–Kier alpha value is -3.09. The van der Waals surface area contributed by atoms with E-state index in [2.05, 4.69) is 0 Å². The molecule has 6 nitrogen and oxygen atoms in total. The van der Waals surface area contributed by atoms with Crippen LogP contribution in [0.4, 0.5) is 0 Å². The minimum Gasteiger partial charge on any atom is -0.482 e. The van der Waals surface area contributed by atoms with Crippen molar-refractivity contribution in [3.63, 3.8) is 0 Å². The Bertz CT molecular complexity index is 1020. The van der Waals surface area contributed by atoms with E-state index in [1.807, 2.05) is 56.3 Å². The van der Waals surface area contributed by atoms with Crippen molar-refractivity contribution in [3.05, 3.63) is 76.9 Å². The van der Waals surface area contributed by atoms with E-state index < -0.39 is 18.7 Å². The number of aliphatic carboxylic acids is 1. The molecule has 1 N–H and O–H groups in total. The SMILES string of the molecule is CCOCC(Oc1ccc(OCC(=O)O)c(C)c1)c1cccc(-c2ccc(Cl)cc2)n1. The number of carboxylic acid groups (broad SMARTS) is 1. The third kappa shape index (κ3) is 6.44. The quantitative estimate of drug-likeness (QED) is 0.458. The molecular weight excluding hydrogens is 418 g/mol. The average Bonchev–Trinajstić information content (AvgIpc) is 2.76. The number of hydrogen-bond donors (Lipinski definition) is 1. The number of ether oxygens (including phenoxy) is 3. The van der Waals surface area contributed by atoms with E-state index >= 15 is 0 Å². The van der Waals surface area contributed by atoms with Gasteiger partial charge in [-0.3, -0.25) is 0 Å². The van der Waals surface area contributed by atoms with Crippen LogP contribution in [0.15, 0.2) is 60.7 Å². The van der Waals surface area contributed by atoms with Crippen molar-refractivity contribution in [2.45, 2.75) is 20.0 Å². The van der Waals surface area contributed by atoms with Gasteiger partial charge in [0.1, 0.15) is 11.5 Å². The van der Waals surface area contributed by atoms with Crippen LogP contribution in [0.2, 0.25) is 5.02 Å². The number of pyridine rings is 1. The molecule has 2 aromatic carbocycles. The number of carboxylic acids is 1. The monoisotopic (exact) mass is 441 g/mol. The third-order valence-corrected chi connectivity index (χ3v) is 4.74. The topological polar surface area (TPSA) is 77.9 Å². The Morgan fingerprint density at radius 1 is 1.13 bits per heavy atom. The molecule has 0 aliphatic heterocycles. The first-order valence-electron chi connectivity index (χ1n) is 9.88. The van der Waals surface area contributed by atoms with E-state index in [4.69, 9.17) is 35.9 Å². The largest absolute Gasteiger partial charge is 0.482 e. The van der Waals surface area contributed by atoms with Gasteiger partial charge in [0.2, 0.25) is 0 Å². The first-order chi connectivity index (χ1) is 15.0. The van der Waals surface area contributed by atoms with Gasteiger partial charge in [-0.25, -0.2) is 9.78 Å². The van der Waals surface area contributed by atoms with Crippen LogP contribution in [0.1, 0.15) is 24.3 Å². The summed E-state index contributed by atoms with van der Waals surface area (Å²) in [6.07, 6.45) is -0.419. The highest BCUT2D eigenvalue weighted by molar-refractivity contribution is 6.30. The highest BCUT2D eigenvalue weighted by Gasteiger charge is 2.17. The molecule has 0 saturated heterocycles. The summed E-state index contributed by atoms with van der Waals surface area (Å²) in [6, 6.07) is 18.5. The summed E-state index contributed by atoms with van der Waals surface area (Å²) < 4.78 is 17.1. The zero-order chi connectivity index (χ0) is 22.2. The maximum absolute atomic E-state index is 10.7. The number of rotatable bonds is 10. The molecule has 31 heavy (non-hydrogen) atoms. The standard InChI is InChI=1S/C24H24ClNO5/c1-3-29-14-23(31-19-11-12-22(16(2)13-19)30-15-24(27)28)21-6-4-5-20(26-21)17-7-9-18(25)10-8-17/h4-13,23H,3,14-15H2,1-2H3,(H,27,28). The summed E-state index contributed by atoms with van der Waals surface area (Å²) in [7, 11) is 0. The van der Waals surface area contributed by atoms with Crippen molar-refractivity contribution in [2.24, 2.45) is 0 Å². The van der Waals surface area contributed by atoms with E-state index in [0.717, 1.165) is 22.5 Å². The third-order valence-electron chi connectivity index (χ3n) is 4.49. The number of hydrogen-bond acceptors (Lipinski definition) is 5. The second kappa shape index (κ2) is 10.8. The van der Waals surface area contributed by atoms with Gasteiger partial charge in [-0.2, -0.15) is 0 Å². The molecule has 7 heteroatoms. The Labute approximate surface area is 186 Å². The van der Waals surface area contributed by atoms with Crippen LogP contribution in [-0.2, 0) is 9.53 Å². The predicted molar refractivity (Wildman–Crippen MR) is 119 cm³/mol. The van der Waals surface area contributed by atoms with Crippen LogP contribution in [-0.4, -0.2) is 35.9 Å². The van der Waals surface area contributed by atoms with Gasteiger partial charge < -0.3 is 19.3 Å². The molecule has 1 heterocycles. The normalized spacial score (nSPS) is 11.7. The number of nitrogens with zero attached hydrogens (tertiary/aromatic N) is 1. The lowest BCUT2D eigenvalue weighted by Gasteiger charge is -2.20. The zero-order valence-corrected chi connectivity index (χ0v) is 18.1. The van der Waals surface area contributed by atoms with E-state index in [9.17, 15) is 4.79 Å². The van der Waals surface area contributed by atoms with Crippen molar-refractivity contribution in [3.8, 4) is 22.8 Å². The maximum Gasteiger partial charge on any atom is 0.341 e. The van der Waals surface area contributed by atoms with Crippen molar-refractivity contribution < 1.29 is 24.1 Å². The first kappa shape index (κ1) is 22.6. The highest BCUT2D eigenvalue weighted by Crippen LogP contribution is 2.28. The van der Waals surface area contributed by atoms with Gasteiger partial charge in [-0.15, -0.1) is 0 Å². The molecule has 0 aliphatic carbocycles. The molecule has 0 radical (unpaired) electrons. The highest BCUT2D eigenvalue weighted by atomic mass is 35.5. The first-order valence-corrected chi connectivity index (χ1v) is 10.3. The molecule has 0 spiro atoms. The number of aryl methyl sites for hydroxylation is 1. The fourth-order valence-electron chi connectivity index (χ4n) is 2.98. The van der Waals surface area contributed by atoms with Crippen LogP contribution < -0.4 is 9.47 Å². The van der Waals surface area contributed by atoms with Gasteiger partial charge in [0.25, 0.3) is 0 Å². The van der Waals surface area contributed by atoms with Crippen LogP contribution in [0.3, 0.4) is 0 Å². The molecule has 1 unspecified atom stereocenters. The van der Waals surface area contributed by atoms with E-state index in [1.54, 1.807) is 18.2 Å². The van der Waals surface area contributed by atoms with Crippen molar-refractivity contribution in [2.75, 3.05) is 19.8 Å². The molecule has 0 bridgehead atoms. The molecule has 1 atom stereocenters. The molecule has 3 aromatic rings. The van der Waals surface area contributed by atoms with Crippen LogP contribution in [0.25, 0.3) is 11.3 Å². The molecule has 0 aliphatic rings. The van der Waals surface area contributed by atoms with Crippen molar-refractivity contribution in [1.82, 2.24) is 4.98 Å². The molecule has 162 valence electrons. The van der Waals surface area contributed by atoms with Gasteiger partial charge in [-0.1, -0.05) is 29.8 Å². The van der Waals surface area contributed by atoms with Gasteiger partial charge >= 0.3 is 5.97 Å². The summed E-state index contributed by atoms with van der Waals surface area (Å²) in [6.45, 7) is 4.26. The molecule has 0 saturated carbocycles. The average molecular weight is 442 g/mol. The number of halogens is 1. The summed E-state index contributed by atoms with van der Waals surface area (Å²) in [5.41, 5.74) is 3.28. The molecular formula is C24H24ClNO5. The fourth-order valence-corrected chi connectivity index (χ4v) is 3.10. The summed E-state index contributed by atoms with van der Waals surface area (Å²) in [4.78, 5) is 15.5. The smallest absolute Gasteiger partial charge is 0.341 e. The zero-order valence-electron chi connectivity index (χ0n) is 17.4. The minimum absolute atomic E-state index is 0.337. The van der Waals surface area contributed by atoms with E-state index in [0.29, 0.717) is 29.7 Å². The van der Waals surface area contributed by atoms with Crippen LogP contribution in [0, 0.1) is 6.92 Å². The van der Waals surface area contributed by atoms with Gasteiger partial charge in [0.05, 0.1) is 18.0 Å². The fraction of sp³-hybridized carbons (Fsp3) is 0.250. The second-order valence-corrected chi connectivity index (χ2v) is 7.27. The lowest BCUT2D eigenvalue weighted by molar-refractivity contribution is -0.139. The number of benzene rings is 2. The summed E-state index contributed by atoms with van der Waals surface area (Å²) in [5, 5.41) is 9.46. The van der Waals surface area contributed by atoms with Crippen LogP contribution >= 0.6 is 11.6 Å². The van der Waals surface area contributed by atoms with Gasteiger partial charge in [-0.05, 0) is 61.9 Å². The molecule has 3 rings (SSSR count). The molecule has 0 amide bonds. The minimum atomic E-state index is -1.02. The van der Waals surface area contributed by atoms with Crippen molar-refractivity contribution >= 4 is 17.6 Å². The summed E-state index contributed by atoms with van der Waals surface area (Å²) >= 11 is 5.99. The number of aromatic nitrogens is 1. The lowest BCUT2D eigenvalue weighted by atomic mass is 10.1. The predicted octanol–water partition coefficient (Wildman–Crippen LogP) is 5.33. The number of carbonyl (C=O) groups is 1. The Balaban J connectivity index is 1.82. The van der Waals surface area contributed by atoms with E-state index in [-0.39, 0.29) is 0 Å². The molecule has 1 aromatic heterocycles. The second-order valence-electron chi connectivity index (χ2n) is 6.83. The maximum atomic E-state index is 10.7. The van der Waals surface area contributed by atoms with Crippen molar-refractivity contribution in [1.29, 1.82) is 0 Å². The van der Waals surface area contributed by atoms with Gasteiger partial charge in [0, 0.05) is 17.2 Å². The van der Waals surface area contributed by atoms with E-state index in [1.165, 1.54) is 0 Å². The lowest BCUT2D eigenvalue weighted by Crippen LogP contribution is -2.16. The Morgan fingerprint density at radius 2 is 1.90 bits per heavy atom. The Kier molecular flexibility index (Phi) is 7.87. The summed E-state index contributed by atoms with van der Waals surface area (Å²) in [5.74, 6) is 0.0886. The molecule has 0 fully saturated rings. The van der Waals surface area contributed by atoms with Crippen LogP contribution in [0.5, 0.6) is 11.5 Å².